The van der Waals surface area contributed by atoms with Gasteiger partial charge in [-0.05, 0) is 18.1 Å². The normalized spacial score (nSPS) is 9.93. The Morgan fingerprint density at radius 3 is 2.60 bits per heavy atom. The maximum Gasteiger partial charge on any atom is 0.184 e. The van der Waals surface area contributed by atoms with E-state index in [1.54, 1.807) is 0 Å². The van der Waals surface area contributed by atoms with Crippen molar-refractivity contribution in [2.75, 3.05) is 13.2 Å². The molecule has 2 nitrogen and oxygen atoms in total. The highest BCUT2D eigenvalue weighted by Crippen LogP contribution is 2.07. The van der Waals surface area contributed by atoms with E-state index in [4.69, 9.17) is 4.74 Å². The Hall–Kier alpha value is -1.41. The Balaban J connectivity index is 2.45. The van der Waals surface area contributed by atoms with Crippen LogP contribution in [-0.2, 0) is 16.0 Å². The molecule has 0 radical (unpaired) electrons. The minimum absolute atomic E-state index is 0.0132. The fourth-order valence-electron chi connectivity index (χ4n) is 1.24. The summed E-state index contributed by atoms with van der Waals surface area (Å²) in [6.07, 6.45) is 0.604. The molecule has 0 saturated heterocycles. The Kier molecular flexibility index (Phi) is 4.78. The van der Waals surface area contributed by atoms with E-state index in [0.29, 0.717) is 18.6 Å². The topological polar surface area (TPSA) is 26.3 Å². The minimum Gasteiger partial charge on any atom is -0.374 e. The maximum atomic E-state index is 11.5. The molecule has 1 aromatic rings. The monoisotopic (exact) mass is 204 g/mol. The maximum absolute atomic E-state index is 11.5. The number of ether oxygens (including phenoxy) is 1. The van der Waals surface area contributed by atoms with Crippen LogP contribution in [0.4, 0.5) is 0 Å². The van der Waals surface area contributed by atoms with E-state index in [1.165, 1.54) is 0 Å². The SMILES string of the molecule is C=C(Cc1ccccc1)C(=O)COCC. The van der Waals surface area contributed by atoms with E-state index >= 15 is 0 Å². The first kappa shape index (κ1) is 11.7. The number of rotatable bonds is 6. The van der Waals surface area contributed by atoms with Gasteiger partial charge in [-0.2, -0.15) is 0 Å². The van der Waals surface area contributed by atoms with Gasteiger partial charge < -0.3 is 4.74 Å². The molecule has 80 valence electrons. The van der Waals surface area contributed by atoms with Crippen LogP contribution in [0.3, 0.4) is 0 Å². The second-order valence-electron chi connectivity index (χ2n) is 3.33. The first-order valence-corrected chi connectivity index (χ1v) is 5.06. The van der Waals surface area contributed by atoms with Crippen LogP contribution in [0.5, 0.6) is 0 Å². The van der Waals surface area contributed by atoms with Crippen LogP contribution >= 0.6 is 0 Å². The molecule has 0 amide bonds. The van der Waals surface area contributed by atoms with Gasteiger partial charge in [-0.3, -0.25) is 4.79 Å². The molecule has 2 heteroatoms. The van der Waals surface area contributed by atoms with Crippen molar-refractivity contribution in [2.24, 2.45) is 0 Å². The zero-order valence-electron chi connectivity index (χ0n) is 9.03. The van der Waals surface area contributed by atoms with Crippen molar-refractivity contribution in [3.63, 3.8) is 0 Å². The fourth-order valence-corrected chi connectivity index (χ4v) is 1.24. The summed E-state index contributed by atoms with van der Waals surface area (Å²) in [5.74, 6) is -0.0132. The van der Waals surface area contributed by atoms with Gasteiger partial charge in [0.25, 0.3) is 0 Å². The Bertz CT molecular complexity index is 328. The van der Waals surface area contributed by atoms with Gasteiger partial charge in [-0.25, -0.2) is 0 Å². The molecule has 0 aliphatic heterocycles. The van der Waals surface area contributed by atoms with Crippen molar-refractivity contribution >= 4 is 5.78 Å². The molecule has 0 fully saturated rings. The van der Waals surface area contributed by atoms with E-state index in [0.717, 1.165) is 5.56 Å². The summed E-state index contributed by atoms with van der Waals surface area (Å²) in [7, 11) is 0. The Morgan fingerprint density at radius 2 is 2.00 bits per heavy atom. The van der Waals surface area contributed by atoms with Gasteiger partial charge in [-0.15, -0.1) is 0 Å². The number of benzene rings is 1. The molecule has 15 heavy (non-hydrogen) atoms. The lowest BCUT2D eigenvalue weighted by Crippen LogP contribution is -2.12. The number of carbonyl (C=O) groups is 1. The van der Waals surface area contributed by atoms with Crippen LogP contribution in [0.25, 0.3) is 0 Å². The van der Waals surface area contributed by atoms with Crippen LogP contribution in [0.15, 0.2) is 42.5 Å². The summed E-state index contributed by atoms with van der Waals surface area (Å²) in [6, 6.07) is 9.83. The summed E-state index contributed by atoms with van der Waals surface area (Å²) in [5.41, 5.74) is 1.71. The Morgan fingerprint density at radius 1 is 1.33 bits per heavy atom. The van der Waals surface area contributed by atoms with E-state index in [1.807, 2.05) is 37.3 Å². The van der Waals surface area contributed by atoms with Crippen LogP contribution in [0.2, 0.25) is 0 Å². The predicted octanol–water partition coefficient (Wildman–Crippen LogP) is 2.39. The van der Waals surface area contributed by atoms with Crippen LogP contribution < -0.4 is 0 Å². The molecule has 0 heterocycles. The van der Waals surface area contributed by atoms with Gasteiger partial charge >= 0.3 is 0 Å². The lowest BCUT2D eigenvalue weighted by atomic mass is 10.0. The second kappa shape index (κ2) is 6.14. The van der Waals surface area contributed by atoms with E-state index in [-0.39, 0.29) is 12.4 Å². The molecule has 0 aliphatic rings. The quantitative estimate of drug-likeness (QED) is 0.665. The standard InChI is InChI=1S/C13H16O2/c1-3-15-10-13(14)11(2)9-12-7-5-4-6-8-12/h4-8H,2-3,9-10H2,1H3. The van der Waals surface area contributed by atoms with Crippen molar-refractivity contribution in [1.29, 1.82) is 0 Å². The summed E-state index contributed by atoms with van der Waals surface area (Å²) < 4.78 is 5.04. The average Bonchev–Trinajstić information content (AvgIpc) is 2.27. The van der Waals surface area contributed by atoms with E-state index in [2.05, 4.69) is 6.58 Å². The smallest absolute Gasteiger partial charge is 0.184 e. The summed E-state index contributed by atoms with van der Waals surface area (Å²) in [4.78, 5) is 11.5. The lowest BCUT2D eigenvalue weighted by molar-refractivity contribution is -0.119. The van der Waals surface area contributed by atoms with Gasteiger partial charge in [0.2, 0.25) is 0 Å². The van der Waals surface area contributed by atoms with Gasteiger partial charge in [0, 0.05) is 13.0 Å². The van der Waals surface area contributed by atoms with E-state index < -0.39 is 0 Å². The third kappa shape index (κ3) is 4.09. The predicted molar refractivity (Wildman–Crippen MR) is 60.8 cm³/mol. The van der Waals surface area contributed by atoms with Crippen molar-refractivity contribution < 1.29 is 9.53 Å². The Labute approximate surface area is 90.6 Å². The second-order valence-corrected chi connectivity index (χ2v) is 3.33. The molecule has 0 unspecified atom stereocenters. The highest BCUT2D eigenvalue weighted by atomic mass is 16.5. The summed E-state index contributed by atoms with van der Waals surface area (Å²) in [5, 5.41) is 0. The summed E-state index contributed by atoms with van der Waals surface area (Å²) >= 11 is 0. The highest BCUT2D eigenvalue weighted by molar-refractivity contribution is 5.96. The van der Waals surface area contributed by atoms with Gasteiger partial charge in [0.1, 0.15) is 6.61 Å². The molecule has 0 saturated carbocycles. The van der Waals surface area contributed by atoms with Crippen molar-refractivity contribution in [3.8, 4) is 0 Å². The lowest BCUT2D eigenvalue weighted by Gasteiger charge is -2.04. The summed E-state index contributed by atoms with van der Waals surface area (Å²) in [6.45, 7) is 6.34. The molecule has 0 spiro atoms. The van der Waals surface area contributed by atoms with Crippen molar-refractivity contribution in [2.45, 2.75) is 13.3 Å². The largest absolute Gasteiger partial charge is 0.374 e. The van der Waals surface area contributed by atoms with E-state index in [9.17, 15) is 4.79 Å². The minimum atomic E-state index is -0.0132. The molecule has 0 bridgehead atoms. The molecule has 1 aromatic carbocycles. The molecule has 0 aromatic heterocycles. The number of ketones is 1. The van der Waals surface area contributed by atoms with Crippen LogP contribution in [0, 0.1) is 0 Å². The fraction of sp³-hybridized carbons (Fsp3) is 0.308. The van der Waals surface area contributed by atoms with Crippen molar-refractivity contribution in [3.05, 3.63) is 48.0 Å². The van der Waals surface area contributed by atoms with Gasteiger partial charge in [0.05, 0.1) is 0 Å². The average molecular weight is 204 g/mol. The van der Waals surface area contributed by atoms with Crippen molar-refractivity contribution in [1.82, 2.24) is 0 Å². The third-order valence-electron chi connectivity index (χ3n) is 2.09. The molecule has 0 aliphatic carbocycles. The number of carbonyl (C=O) groups excluding carboxylic acids is 1. The zero-order chi connectivity index (χ0) is 11.1. The zero-order valence-corrected chi connectivity index (χ0v) is 9.03. The first-order valence-electron chi connectivity index (χ1n) is 5.06. The molecular weight excluding hydrogens is 188 g/mol. The number of Topliss-reactive ketones (excluding diaryl/α,β-unsaturated/α-hetero) is 1. The first-order chi connectivity index (χ1) is 7.24. The number of hydrogen-bond acceptors (Lipinski definition) is 2. The van der Waals surface area contributed by atoms with Gasteiger partial charge in [0.15, 0.2) is 5.78 Å². The molecular formula is C13H16O2. The van der Waals surface area contributed by atoms with Crippen LogP contribution in [0.1, 0.15) is 12.5 Å². The molecule has 1 rings (SSSR count). The number of hydrogen-bond donors (Lipinski definition) is 0. The third-order valence-corrected chi connectivity index (χ3v) is 2.09. The van der Waals surface area contributed by atoms with Crippen LogP contribution in [-0.4, -0.2) is 19.0 Å². The highest BCUT2D eigenvalue weighted by Gasteiger charge is 2.07. The van der Waals surface area contributed by atoms with Gasteiger partial charge in [-0.1, -0.05) is 36.9 Å². The molecule has 0 atom stereocenters. The molecule has 0 N–H and O–H groups in total.